The number of hydrogen-bond donors (Lipinski definition) is 2. The molecule has 0 bridgehead atoms. The van der Waals surface area contributed by atoms with Gasteiger partial charge in [-0.2, -0.15) is 0 Å². The smallest absolute Gasteiger partial charge is 0.381 e. The molecule has 0 aliphatic heterocycles. The third-order valence-corrected chi connectivity index (χ3v) is 5.80. The average Bonchev–Trinajstić information content (AvgIpc) is 3.35. The van der Waals surface area contributed by atoms with E-state index in [1.165, 1.54) is 12.5 Å². The molecule has 0 aliphatic carbocycles. The van der Waals surface area contributed by atoms with E-state index in [2.05, 4.69) is 16.5 Å². The Balaban J connectivity index is 1.44. The highest BCUT2D eigenvalue weighted by Crippen LogP contribution is 2.36. The quantitative estimate of drug-likeness (QED) is 0.209. The molecule has 2 aromatic carbocycles. The second-order valence-electron chi connectivity index (χ2n) is 8.01. The van der Waals surface area contributed by atoms with Crippen LogP contribution in [0.4, 0.5) is 5.82 Å². The van der Waals surface area contributed by atoms with Gasteiger partial charge in [-0.1, -0.05) is 12.8 Å². The minimum atomic E-state index is -0.481. The molecular weight excluding hydrogens is 408 g/mol. The first-order chi connectivity index (χ1) is 15.4. The van der Waals surface area contributed by atoms with Crippen molar-refractivity contribution in [3.8, 4) is 22.8 Å². The molecule has 0 radical (unpaired) electrons. The number of aromatic nitrogens is 3. The van der Waals surface area contributed by atoms with Gasteiger partial charge in [-0.3, -0.25) is 0 Å². The van der Waals surface area contributed by atoms with E-state index in [1.807, 2.05) is 18.2 Å². The molecule has 0 amide bonds. The fraction of sp³-hybridized carbons (Fsp3) is 0.292. The number of nitrogens with zero attached hydrogens (tertiary/aromatic N) is 4. The summed E-state index contributed by atoms with van der Waals surface area (Å²) in [4.78, 5) is 14.0. The molecule has 0 unspecified atom stereocenters. The highest BCUT2D eigenvalue weighted by molar-refractivity contribution is 5.92. The number of benzene rings is 2. The van der Waals surface area contributed by atoms with Gasteiger partial charge in [-0.25, -0.2) is 0 Å². The summed E-state index contributed by atoms with van der Waals surface area (Å²) in [5.74, 6) is 0.359. The Hall–Kier alpha value is -3.81. The van der Waals surface area contributed by atoms with Gasteiger partial charge in [0.25, 0.3) is 0 Å². The Bertz CT molecular complexity index is 1240. The molecule has 0 saturated carbocycles. The van der Waals surface area contributed by atoms with Crippen molar-refractivity contribution in [2.75, 3.05) is 0 Å². The fourth-order valence-corrected chi connectivity index (χ4v) is 4.22. The number of unbranched alkanes of at least 4 members (excludes halogenated alkanes) is 3. The third kappa shape index (κ3) is 4.44. The van der Waals surface area contributed by atoms with Gasteiger partial charge in [0.2, 0.25) is 6.33 Å². The standard InChI is InChI=1S/C24H26N4O4/c1-17-21-14-20(30)10-11-22(21)27(24(17)18-6-8-19(29)9-7-18)13-5-3-2-4-12-26-15-23(25-16-26)28(31)32/h6-11,14-16,29-30H,2-5,12-13H2,1H3. The molecule has 0 aliphatic rings. The lowest BCUT2D eigenvalue weighted by Crippen LogP contribution is -2.01. The predicted octanol–water partition coefficient (Wildman–Crippen LogP) is 5.39. The number of imidazole rings is 1. The van der Waals surface area contributed by atoms with Crippen molar-refractivity contribution in [1.29, 1.82) is 0 Å². The molecule has 2 N–H and O–H groups in total. The van der Waals surface area contributed by atoms with Crippen molar-refractivity contribution in [2.24, 2.45) is 0 Å². The molecular formula is C24H26N4O4. The van der Waals surface area contributed by atoms with Crippen molar-refractivity contribution < 1.29 is 15.1 Å². The lowest BCUT2D eigenvalue weighted by Gasteiger charge is -2.12. The van der Waals surface area contributed by atoms with Crippen LogP contribution < -0.4 is 0 Å². The molecule has 32 heavy (non-hydrogen) atoms. The number of aromatic hydroxyl groups is 2. The molecule has 2 aromatic heterocycles. The lowest BCUT2D eigenvalue weighted by molar-refractivity contribution is -0.389. The summed E-state index contributed by atoms with van der Waals surface area (Å²) in [7, 11) is 0. The summed E-state index contributed by atoms with van der Waals surface area (Å²) < 4.78 is 4.05. The van der Waals surface area contributed by atoms with Crippen LogP contribution in [0.5, 0.6) is 11.5 Å². The van der Waals surface area contributed by atoms with E-state index >= 15 is 0 Å². The van der Waals surface area contributed by atoms with E-state index in [0.29, 0.717) is 6.54 Å². The van der Waals surface area contributed by atoms with Gasteiger partial charge in [0.1, 0.15) is 17.7 Å². The predicted molar refractivity (Wildman–Crippen MR) is 123 cm³/mol. The maximum Gasteiger partial charge on any atom is 0.381 e. The first-order valence-corrected chi connectivity index (χ1v) is 10.7. The van der Waals surface area contributed by atoms with E-state index in [0.717, 1.165) is 60.0 Å². The SMILES string of the molecule is Cc1c(-c2ccc(O)cc2)n(CCCCCCn2cnc([N+](=O)[O-])c2)c2ccc(O)cc12. The molecule has 0 atom stereocenters. The first kappa shape index (κ1) is 21.4. The zero-order chi connectivity index (χ0) is 22.7. The van der Waals surface area contributed by atoms with Crippen LogP contribution in [0.3, 0.4) is 0 Å². The molecule has 4 aromatic rings. The maximum absolute atomic E-state index is 10.7. The number of nitro groups is 1. The van der Waals surface area contributed by atoms with Crippen LogP contribution in [0.2, 0.25) is 0 Å². The Morgan fingerprint density at radius 3 is 2.34 bits per heavy atom. The minimum Gasteiger partial charge on any atom is -0.508 e. The van der Waals surface area contributed by atoms with Gasteiger partial charge in [-0.15, -0.1) is 0 Å². The zero-order valence-corrected chi connectivity index (χ0v) is 17.9. The van der Waals surface area contributed by atoms with Gasteiger partial charge in [0, 0.05) is 24.0 Å². The number of phenols is 2. The van der Waals surface area contributed by atoms with Crippen molar-refractivity contribution in [1.82, 2.24) is 14.1 Å². The number of aryl methyl sites for hydroxylation is 3. The van der Waals surface area contributed by atoms with Crippen molar-refractivity contribution in [2.45, 2.75) is 45.7 Å². The highest BCUT2D eigenvalue weighted by atomic mass is 16.6. The summed E-state index contributed by atoms with van der Waals surface area (Å²) in [5.41, 5.74) is 4.30. The van der Waals surface area contributed by atoms with Crippen LogP contribution in [0.15, 0.2) is 55.0 Å². The number of rotatable bonds is 9. The van der Waals surface area contributed by atoms with E-state index in [-0.39, 0.29) is 17.3 Å². The Labute approximate surface area is 185 Å². The molecule has 0 saturated heterocycles. The first-order valence-electron chi connectivity index (χ1n) is 10.7. The van der Waals surface area contributed by atoms with Crippen LogP contribution in [-0.4, -0.2) is 29.3 Å². The molecule has 8 nitrogen and oxygen atoms in total. The van der Waals surface area contributed by atoms with Crippen molar-refractivity contribution in [3.05, 3.63) is 70.7 Å². The van der Waals surface area contributed by atoms with Gasteiger partial charge in [0.05, 0.1) is 5.69 Å². The van der Waals surface area contributed by atoms with Crippen LogP contribution in [0.1, 0.15) is 31.2 Å². The maximum atomic E-state index is 10.7. The zero-order valence-electron chi connectivity index (χ0n) is 17.9. The number of fused-ring (bicyclic) bond motifs is 1. The van der Waals surface area contributed by atoms with E-state index in [4.69, 9.17) is 0 Å². The van der Waals surface area contributed by atoms with Crippen molar-refractivity contribution >= 4 is 16.7 Å². The highest BCUT2D eigenvalue weighted by Gasteiger charge is 2.16. The van der Waals surface area contributed by atoms with E-state index in [1.54, 1.807) is 28.8 Å². The molecule has 8 heteroatoms. The molecule has 4 rings (SSSR count). The summed E-state index contributed by atoms with van der Waals surface area (Å²) in [6, 6.07) is 12.7. The fourth-order valence-electron chi connectivity index (χ4n) is 4.22. The molecule has 0 spiro atoms. The summed E-state index contributed by atoms with van der Waals surface area (Å²) in [6.45, 7) is 3.61. The Kier molecular flexibility index (Phi) is 6.11. The van der Waals surface area contributed by atoms with Crippen LogP contribution in [-0.2, 0) is 13.1 Å². The lowest BCUT2D eigenvalue weighted by atomic mass is 10.1. The molecule has 2 heterocycles. The summed E-state index contributed by atoms with van der Waals surface area (Å²) in [5, 5.41) is 31.4. The second kappa shape index (κ2) is 9.13. The van der Waals surface area contributed by atoms with Crippen LogP contribution in [0, 0.1) is 17.0 Å². The van der Waals surface area contributed by atoms with E-state index < -0.39 is 4.92 Å². The summed E-state index contributed by atoms with van der Waals surface area (Å²) in [6.07, 6.45) is 6.93. The van der Waals surface area contributed by atoms with Gasteiger partial charge in [0.15, 0.2) is 0 Å². The second-order valence-corrected chi connectivity index (χ2v) is 8.01. The van der Waals surface area contributed by atoms with Crippen molar-refractivity contribution in [3.63, 3.8) is 0 Å². The van der Waals surface area contributed by atoms with Gasteiger partial charge in [-0.05, 0) is 83.3 Å². The van der Waals surface area contributed by atoms with Gasteiger partial charge >= 0.3 is 5.82 Å². The summed E-state index contributed by atoms with van der Waals surface area (Å²) >= 11 is 0. The minimum absolute atomic E-state index is 0.118. The van der Waals surface area contributed by atoms with Crippen LogP contribution in [0.25, 0.3) is 22.2 Å². The Morgan fingerprint density at radius 2 is 1.66 bits per heavy atom. The normalized spacial score (nSPS) is 11.3. The molecule has 166 valence electrons. The van der Waals surface area contributed by atoms with E-state index in [9.17, 15) is 20.3 Å². The average molecular weight is 434 g/mol. The number of hydrogen-bond acceptors (Lipinski definition) is 5. The monoisotopic (exact) mass is 434 g/mol. The van der Waals surface area contributed by atoms with Crippen LogP contribution >= 0.6 is 0 Å². The number of phenolic OH excluding ortho intramolecular Hbond substituents is 2. The largest absolute Gasteiger partial charge is 0.508 e. The third-order valence-electron chi connectivity index (χ3n) is 5.80. The topological polar surface area (TPSA) is 106 Å². The van der Waals surface area contributed by atoms with Gasteiger partial charge < -0.3 is 29.5 Å². The molecule has 0 fully saturated rings. The Morgan fingerprint density at radius 1 is 0.969 bits per heavy atom.